The van der Waals surface area contributed by atoms with Crippen LogP contribution >= 0.6 is 11.3 Å². The van der Waals surface area contributed by atoms with Crippen molar-refractivity contribution in [1.29, 1.82) is 0 Å². The van der Waals surface area contributed by atoms with Crippen molar-refractivity contribution in [2.75, 3.05) is 0 Å². The molecule has 1 fully saturated rings. The van der Waals surface area contributed by atoms with E-state index >= 15 is 0 Å². The van der Waals surface area contributed by atoms with Crippen LogP contribution in [-0.2, 0) is 6.54 Å². The molecule has 4 heteroatoms. The number of nitrogens with two attached hydrogens (primary N) is 1. The second-order valence-electron chi connectivity index (χ2n) is 4.90. The Morgan fingerprint density at radius 2 is 1.95 bits per heavy atom. The van der Waals surface area contributed by atoms with Crippen LogP contribution in [0.2, 0.25) is 0 Å². The molecular weight excluding hydrogens is 256 g/mol. The normalized spacial score (nSPS) is 15.8. The molecule has 0 bridgehead atoms. The van der Waals surface area contributed by atoms with Crippen molar-refractivity contribution in [2.45, 2.75) is 38.3 Å². The van der Waals surface area contributed by atoms with Crippen LogP contribution in [0.5, 0.6) is 5.75 Å². The minimum absolute atomic E-state index is 0.412. The third-order valence-electron chi connectivity index (χ3n) is 3.47. The standard InChI is InChI=1S/C15H18N2OS/c16-9-12-10-19-15(17-12)11-5-7-14(8-6-11)18-13-3-1-2-4-13/h5-8,10,13H,1-4,9,16H2. The van der Waals surface area contributed by atoms with Crippen LogP contribution in [-0.4, -0.2) is 11.1 Å². The SMILES string of the molecule is NCc1csc(-c2ccc(OC3CCCC3)cc2)n1. The number of benzene rings is 1. The summed E-state index contributed by atoms with van der Waals surface area (Å²) >= 11 is 1.63. The third-order valence-corrected chi connectivity index (χ3v) is 4.41. The maximum Gasteiger partial charge on any atom is 0.123 e. The summed E-state index contributed by atoms with van der Waals surface area (Å²) < 4.78 is 5.96. The quantitative estimate of drug-likeness (QED) is 0.927. The van der Waals surface area contributed by atoms with Gasteiger partial charge in [0.15, 0.2) is 0 Å². The van der Waals surface area contributed by atoms with Crippen molar-refractivity contribution in [3.8, 4) is 16.3 Å². The first kappa shape index (κ1) is 12.6. The van der Waals surface area contributed by atoms with Crippen molar-refractivity contribution < 1.29 is 4.74 Å². The summed E-state index contributed by atoms with van der Waals surface area (Å²) in [4.78, 5) is 4.48. The maximum atomic E-state index is 5.96. The second-order valence-corrected chi connectivity index (χ2v) is 5.75. The van der Waals surface area contributed by atoms with Crippen LogP contribution in [0, 0.1) is 0 Å². The summed E-state index contributed by atoms with van der Waals surface area (Å²) in [5.74, 6) is 0.964. The lowest BCUT2D eigenvalue weighted by Gasteiger charge is -2.12. The lowest BCUT2D eigenvalue weighted by atomic mass is 10.2. The molecule has 0 radical (unpaired) electrons. The molecule has 0 amide bonds. The van der Waals surface area contributed by atoms with E-state index in [0.29, 0.717) is 12.6 Å². The van der Waals surface area contributed by atoms with Crippen LogP contribution in [0.25, 0.3) is 10.6 Å². The predicted molar refractivity (Wildman–Crippen MR) is 78.3 cm³/mol. The molecule has 1 aliphatic carbocycles. The maximum absolute atomic E-state index is 5.96. The van der Waals surface area contributed by atoms with Crippen LogP contribution < -0.4 is 10.5 Å². The predicted octanol–water partition coefficient (Wildman–Crippen LogP) is 3.59. The Labute approximate surface area is 117 Å². The van der Waals surface area contributed by atoms with Gasteiger partial charge in [0.1, 0.15) is 10.8 Å². The molecule has 2 aromatic rings. The van der Waals surface area contributed by atoms with Gasteiger partial charge in [-0.15, -0.1) is 11.3 Å². The Bertz CT molecular complexity index is 529. The average Bonchev–Trinajstić information content (AvgIpc) is 3.10. The van der Waals surface area contributed by atoms with Gasteiger partial charge in [0.2, 0.25) is 0 Å². The van der Waals surface area contributed by atoms with E-state index in [1.54, 1.807) is 11.3 Å². The minimum atomic E-state index is 0.412. The third kappa shape index (κ3) is 2.96. The van der Waals surface area contributed by atoms with E-state index < -0.39 is 0 Å². The van der Waals surface area contributed by atoms with Crippen molar-refractivity contribution >= 4 is 11.3 Å². The lowest BCUT2D eigenvalue weighted by molar-refractivity contribution is 0.210. The van der Waals surface area contributed by atoms with Gasteiger partial charge in [0.25, 0.3) is 0 Å². The molecule has 0 atom stereocenters. The molecule has 1 aliphatic rings. The van der Waals surface area contributed by atoms with Gasteiger partial charge in [0, 0.05) is 17.5 Å². The fourth-order valence-corrected chi connectivity index (χ4v) is 3.25. The molecule has 0 spiro atoms. The van der Waals surface area contributed by atoms with Crippen LogP contribution in [0.1, 0.15) is 31.4 Å². The first-order chi connectivity index (χ1) is 9.35. The van der Waals surface area contributed by atoms with Gasteiger partial charge >= 0.3 is 0 Å². The number of thiazole rings is 1. The number of hydrogen-bond acceptors (Lipinski definition) is 4. The average molecular weight is 274 g/mol. The monoisotopic (exact) mass is 274 g/mol. The van der Waals surface area contributed by atoms with Crippen LogP contribution in [0.3, 0.4) is 0 Å². The highest BCUT2D eigenvalue weighted by atomic mass is 32.1. The zero-order valence-electron chi connectivity index (χ0n) is 10.8. The molecule has 3 nitrogen and oxygen atoms in total. The Hall–Kier alpha value is -1.39. The Kier molecular flexibility index (Phi) is 3.80. The van der Waals surface area contributed by atoms with E-state index in [-0.39, 0.29) is 0 Å². The summed E-state index contributed by atoms with van der Waals surface area (Å²) in [6.45, 7) is 0.499. The summed E-state index contributed by atoms with van der Waals surface area (Å²) in [7, 11) is 0. The fraction of sp³-hybridized carbons (Fsp3) is 0.400. The van der Waals surface area contributed by atoms with Crippen molar-refractivity contribution in [3.63, 3.8) is 0 Å². The van der Waals surface area contributed by atoms with Gasteiger partial charge in [-0.1, -0.05) is 0 Å². The second kappa shape index (κ2) is 5.72. The topological polar surface area (TPSA) is 48.1 Å². The Balaban J connectivity index is 1.70. The Morgan fingerprint density at radius 3 is 2.58 bits per heavy atom. The van der Waals surface area contributed by atoms with E-state index in [1.807, 2.05) is 17.5 Å². The molecular formula is C15H18N2OS. The number of aromatic nitrogens is 1. The number of hydrogen-bond donors (Lipinski definition) is 1. The molecule has 0 aliphatic heterocycles. The van der Waals surface area contributed by atoms with Crippen LogP contribution in [0.4, 0.5) is 0 Å². The highest BCUT2D eigenvalue weighted by Crippen LogP contribution is 2.28. The van der Waals surface area contributed by atoms with Crippen molar-refractivity contribution in [2.24, 2.45) is 5.73 Å². The van der Waals surface area contributed by atoms with Gasteiger partial charge in [-0.25, -0.2) is 4.98 Å². The van der Waals surface area contributed by atoms with E-state index in [0.717, 1.165) is 22.0 Å². The molecule has 19 heavy (non-hydrogen) atoms. The Morgan fingerprint density at radius 1 is 1.21 bits per heavy atom. The number of ether oxygens (including phenoxy) is 1. The summed E-state index contributed by atoms with van der Waals surface area (Å²) in [5.41, 5.74) is 7.66. The number of rotatable bonds is 4. The summed E-state index contributed by atoms with van der Waals surface area (Å²) in [5, 5.41) is 3.03. The first-order valence-corrected chi connectivity index (χ1v) is 7.64. The molecule has 1 heterocycles. The zero-order chi connectivity index (χ0) is 13.1. The highest BCUT2D eigenvalue weighted by Gasteiger charge is 2.16. The smallest absolute Gasteiger partial charge is 0.123 e. The van der Waals surface area contributed by atoms with Crippen molar-refractivity contribution in [3.05, 3.63) is 35.3 Å². The van der Waals surface area contributed by atoms with E-state index in [4.69, 9.17) is 10.5 Å². The molecule has 0 saturated heterocycles. The van der Waals surface area contributed by atoms with E-state index in [2.05, 4.69) is 17.1 Å². The van der Waals surface area contributed by atoms with Gasteiger partial charge in [0.05, 0.1) is 11.8 Å². The van der Waals surface area contributed by atoms with E-state index in [1.165, 1.54) is 25.7 Å². The summed E-state index contributed by atoms with van der Waals surface area (Å²) in [6, 6.07) is 8.22. The molecule has 2 N–H and O–H groups in total. The first-order valence-electron chi connectivity index (χ1n) is 6.77. The highest BCUT2D eigenvalue weighted by molar-refractivity contribution is 7.13. The molecule has 3 rings (SSSR count). The van der Waals surface area contributed by atoms with Gasteiger partial charge < -0.3 is 10.5 Å². The van der Waals surface area contributed by atoms with Crippen LogP contribution in [0.15, 0.2) is 29.6 Å². The number of nitrogens with zero attached hydrogens (tertiary/aromatic N) is 1. The summed E-state index contributed by atoms with van der Waals surface area (Å²) in [6.07, 6.45) is 5.38. The molecule has 1 aromatic carbocycles. The minimum Gasteiger partial charge on any atom is -0.490 e. The lowest BCUT2D eigenvalue weighted by Crippen LogP contribution is -2.10. The fourth-order valence-electron chi connectivity index (χ4n) is 2.41. The molecule has 1 saturated carbocycles. The van der Waals surface area contributed by atoms with Gasteiger partial charge in [-0.05, 0) is 49.9 Å². The van der Waals surface area contributed by atoms with Gasteiger partial charge in [-0.2, -0.15) is 0 Å². The molecule has 1 aromatic heterocycles. The van der Waals surface area contributed by atoms with Gasteiger partial charge in [-0.3, -0.25) is 0 Å². The molecule has 0 unspecified atom stereocenters. The molecule has 100 valence electrons. The van der Waals surface area contributed by atoms with Crippen molar-refractivity contribution in [1.82, 2.24) is 4.98 Å². The zero-order valence-corrected chi connectivity index (χ0v) is 11.7. The van der Waals surface area contributed by atoms with E-state index in [9.17, 15) is 0 Å². The largest absolute Gasteiger partial charge is 0.490 e.